The van der Waals surface area contributed by atoms with Crippen LogP contribution < -0.4 is 16.4 Å². The Morgan fingerprint density at radius 2 is 1.65 bits per heavy atom. The van der Waals surface area contributed by atoms with E-state index in [1.54, 1.807) is 0 Å². The minimum Gasteiger partial charge on any atom is -0.445 e. The van der Waals surface area contributed by atoms with Gasteiger partial charge in [0.05, 0.1) is 0 Å². The second kappa shape index (κ2) is 13.4. The predicted octanol–water partition coefficient (Wildman–Crippen LogP) is 3.45. The molecule has 0 saturated heterocycles. The molecule has 0 aliphatic rings. The zero-order valence-corrected chi connectivity index (χ0v) is 18.9. The van der Waals surface area contributed by atoms with Crippen LogP contribution in [0.2, 0.25) is 0 Å². The van der Waals surface area contributed by atoms with Gasteiger partial charge in [-0.15, -0.1) is 0 Å². The van der Waals surface area contributed by atoms with Crippen molar-refractivity contribution in [2.75, 3.05) is 6.54 Å². The van der Waals surface area contributed by atoms with Crippen molar-refractivity contribution in [3.05, 3.63) is 70.2 Å². The van der Waals surface area contributed by atoms with Crippen LogP contribution >= 0.6 is 15.9 Å². The van der Waals surface area contributed by atoms with Gasteiger partial charge in [-0.3, -0.25) is 9.59 Å². The number of hydrogen-bond acceptors (Lipinski definition) is 4. The average Bonchev–Trinajstić information content (AvgIpc) is 2.76. The Morgan fingerprint density at radius 3 is 2.32 bits per heavy atom. The van der Waals surface area contributed by atoms with Gasteiger partial charge in [0.1, 0.15) is 12.6 Å². The van der Waals surface area contributed by atoms with Crippen LogP contribution in [-0.4, -0.2) is 30.5 Å². The van der Waals surface area contributed by atoms with Crippen LogP contribution in [0, 0.1) is 0 Å². The number of carbonyl (C=O) groups is 3. The molecule has 0 radical (unpaired) electrons. The van der Waals surface area contributed by atoms with Crippen LogP contribution in [-0.2, 0) is 27.4 Å². The SMILES string of the molecule is NC(=O)[C@@H](Cc1ccc(Br)cc1)NC(=O)CCCCCNC(=O)OCc1ccccc1. The van der Waals surface area contributed by atoms with Crippen molar-refractivity contribution in [2.45, 2.75) is 44.8 Å². The van der Waals surface area contributed by atoms with Gasteiger partial charge in [-0.05, 0) is 36.1 Å². The molecule has 0 bridgehead atoms. The van der Waals surface area contributed by atoms with E-state index in [9.17, 15) is 14.4 Å². The number of ether oxygens (including phenoxy) is 1. The number of rotatable bonds is 12. The van der Waals surface area contributed by atoms with Crippen LogP contribution in [0.4, 0.5) is 4.79 Å². The van der Waals surface area contributed by atoms with Gasteiger partial charge >= 0.3 is 6.09 Å². The van der Waals surface area contributed by atoms with Crippen LogP contribution in [0.5, 0.6) is 0 Å². The first-order valence-electron chi connectivity index (χ1n) is 10.2. The van der Waals surface area contributed by atoms with Crippen LogP contribution in [0.3, 0.4) is 0 Å². The molecule has 0 unspecified atom stereocenters. The summed E-state index contributed by atoms with van der Waals surface area (Å²) >= 11 is 3.36. The van der Waals surface area contributed by atoms with Gasteiger partial charge in [0.15, 0.2) is 0 Å². The molecule has 7 nitrogen and oxygen atoms in total. The summed E-state index contributed by atoms with van der Waals surface area (Å²) in [6, 6.07) is 16.2. The number of carbonyl (C=O) groups excluding carboxylic acids is 3. The molecular formula is C23H28BrN3O4. The largest absolute Gasteiger partial charge is 0.445 e. The number of nitrogens with two attached hydrogens (primary N) is 1. The minimum absolute atomic E-state index is 0.212. The lowest BCUT2D eigenvalue weighted by Crippen LogP contribution is -2.45. The van der Waals surface area contributed by atoms with Crippen molar-refractivity contribution >= 4 is 33.8 Å². The maximum Gasteiger partial charge on any atom is 0.407 e. The van der Waals surface area contributed by atoms with Crippen LogP contribution in [0.15, 0.2) is 59.1 Å². The third-order valence-electron chi connectivity index (χ3n) is 4.59. The molecule has 2 aromatic carbocycles. The molecule has 0 aliphatic heterocycles. The summed E-state index contributed by atoms with van der Waals surface area (Å²) in [4.78, 5) is 35.5. The van der Waals surface area contributed by atoms with Crippen molar-refractivity contribution in [2.24, 2.45) is 5.73 Å². The Balaban J connectivity index is 1.57. The summed E-state index contributed by atoms with van der Waals surface area (Å²) < 4.78 is 6.07. The van der Waals surface area contributed by atoms with Gasteiger partial charge in [0.2, 0.25) is 11.8 Å². The van der Waals surface area contributed by atoms with E-state index in [0.717, 1.165) is 28.4 Å². The lowest BCUT2D eigenvalue weighted by atomic mass is 10.1. The molecule has 1 atom stereocenters. The molecule has 8 heteroatoms. The zero-order chi connectivity index (χ0) is 22.5. The number of primary amides is 1. The predicted molar refractivity (Wildman–Crippen MR) is 122 cm³/mol. The highest BCUT2D eigenvalue weighted by atomic mass is 79.9. The first-order valence-corrected chi connectivity index (χ1v) is 11.0. The van der Waals surface area contributed by atoms with Crippen molar-refractivity contribution in [3.63, 3.8) is 0 Å². The number of benzene rings is 2. The molecule has 0 fully saturated rings. The van der Waals surface area contributed by atoms with Gasteiger partial charge < -0.3 is 21.1 Å². The second-order valence-corrected chi connectivity index (χ2v) is 8.07. The van der Waals surface area contributed by atoms with E-state index in [1.807, 2.05) is 54.6 Å². The molecule has 0 saturated carbocycles. The molecule has 2 rings (SSSR count). The number of halogens is 1. The summed E-state index contributed by atoms with van der Waals surface area (Å²) in [5, 5.41) is 5.40. The fourth-order valence-electron chi connectivity index (χ4n) is 2.90. The highest BCUT2D eigenvalue weighted by Gasteiger charge is 2.18. The number of nitrogens with one attached hydrogen (secondary N) is 2. The molecule has 0 spiro atoms. The molecule has 0 heterocycles. The Morgan fingerprint density at radius 1 is 0.935 bits per heavy atom. The maximum atomic E-state index is 12.1. The lowest BCUT2D eigenvalue weighted by Gasteiger charge is -2.15. The molecule has 3 amide bonds. The van der Waals surface area contributed by atoms with Crippen LogP contribution in [0.1, 0.15) is 36.8 Å². The lowest BCUT2D eigenvalue weighted by molar-refractivity contribution is -0.127. The minimum atomic E-state index is -0.741. The second-order valence-electron chi connectivity index (χ2n) is 7.15. The van der Waals surface area contributed by atoms with E-state index < -0.39 is 18.0 Å². The molecule has 0 aliphatic carbocycles. The van der Waals surface area contributed by atoms with Gasteiger partial charge in [-0.25, -0.2) is 4.79 Å². The first-order chi connectivity index (χ1) is 14.9. The third-order valence-corrected chi connectivity index (χ3v) is 5.12. The quantitative estimate of drug-likeness (QED) is 0.396. The maximum absolute atomic E-state index is 12.1. The van der Waals surface area contributed by atoms with Crippen molar-refractivity contribution < 1.29 is 19.1 Å². The third kappa shape index (κ3) is 10.1. The first kappa shape index (κ1) is 24.4. The molecule has 166 valence electrons. The average molecular weight is 490 g/mol. The number of amides is 3. The Labute approximate surface area is 190 Å². The summed E-state index contributed by atoms with van der Waals surface area (Å²) in [7, 11) is 0. The van der Waals surface area contributed by atoms with Crippen LogP contribution in [0.25, 0.3) is 0 Å². The summed E-state index contributed by atoms with van der Waals surface area (Å²) in [5.41, 5.74) is 7.28. The number of hydrogen-bond donors (Lipinski definition) is 3. The van der Waals surface area contributed by atoms with E-state index in [-0.39, 0.29) is 12.5 Å². The van der Waals surface area contributed by atoms with E-state index in [4.69, 9.17) is 10.5 Å². The summed E-state index contributed by atoms with van der Waals surface area (Å²) in [6.45, 7) is 0.705. The normalized spacial score (nSPS) is 11.4. The Bertz CT molecular complexity index is 844. The van der Waals surface area contributed by atoms with Crippen molar-refractivity contribution in [1.29, 1.82) is 0 Å². The Hall–Kier alpha value is -2.87. The topological polar surface area (TPSA) is 111 Å². The molecule has 0 aromatic heterocycles. The van der Waals surface area contributed by atoms with Gasteiger partial charge in [0, 0.05) is 23.9 Å². The molecule has 2 aromatic rings. The molecule has 31 heavy (non-hydrogen) atoms. The number of alkyl carbamates (subject to hydrolysis) is 1. The van der Waals surface area contributed by atoms with E-state index in [2.05, 4.69) is 26.6 Å². The van der Waals surface area contributed by atoms with Gasteiger partial charge in [-0.1, -0.05) is 64.8 Å². The molecular weight excluding hydrogens is 462 g/mol. The van der Waals surface area contributed by atoms with Gasteiger partial charge in [0.25, 0.3) is 0 Å². The van der Waals surface area contributed by atoms with E-state index >= 15 is 0 Å². The fraction of sp³-hybridized carbons (Fsp3) is 0.348. The number of unbranched alkanes of at least 4 members (excludes halogenated alkanes) is 2. The monoisotopic (exact) mass is 489 g/mol. The van der Waals surface area contributed by atoms with Crippen molar-refractivity contribution in [3.8, 4) is 0 Å². The highest BCUT2D eigenvalue weighted by Crippen LogP contribution is 2.12. The summed E-state index contributed by atoms with van der Waals surface area (Å²) in [6.07, 6.45) is 2.33. The summed E-state index contributed by atoms with van der Waals surface area (Å²) in [5.74, 6) is -0.773. The van der Waals surface area contributed by atoms with Gasteiger partial charge in [-0.2, -0.15) is 0 Å². The zero-order valence-electron chi connectivity index (χ0n) is 17.3. The smallest absolute Gasteiger partial charge is 0.407 e. The van der Waals surface area contributed by atoms with E-state index in [1.165, 1.54) is 0 Å². The molecule has 4 N–H and O–H groups in total. The van der Waals surface area contributed by atoms with E-state index in [0.29, 0.717) is 25.8 Å². The Kier molecular flexibility index (Phi) is 10.6. The van der Waals surface area contributed by atoms with Crippen molar-refractivity contribution in [1.82, 2.24) is 10.6 Å². The fourth-order valence-corrected chi connectivity index (χ4v) is 3.16. The highest BCUT2D eigenvalue weighted by molar-refractivity contribution is 9.10. The standard InChI is InChI=1S/C23H28BrN3O4/c24-19-12-10-17(11-13-19)15-20(22(25)29)27-21(28)9-5-2-6-14-26-23(30)31-16-18-7-3-1-4-8-18/h1,3-4,7-8,10-13,20H,2,5-6,9,14-16H2,(H2,25,29)(H,26,30)(H,27,28)/t20-/m1/s1.